The molecular weight excluding hydrogens is 428 g/mol. The Labute approximate surface area is 176 Å². The van der Waals surface area contributed by atoms with Crippen molar-refractivity contribution in [1.29, 1.82) is 5.26 Å². The predicted octanol–water partition coefficient (Wildman–Crippen LogP) is 2.89. The summed E-state index contributed by atoms with van der Waals surface area (Å²) in [5, 5.41) is 13.7. The molecular formula is C19H16N4O3S3. The van der Waals surface area contributed by atoms with Gasteiger partial charge in [-0.15, -0.1) is 22.7 Å². The summed E-state index contributed by atoms with van der Waals surface area (Å²) in [7, 11) is -3.78. The third-order valence-electron chi connectivity index (χ3n) is 4.61. The molecule has 2 aromatic heterocycles. The summed E-state index contributed by atoms with van der Waals surface area (Å²) < 4.78 is 27.1. The molecule has 0 saturated carbocycles. The lowest BCUT2D eigenvalue weighted by Crippen LogP contribution is -2.50. The van der Waals surface area contributed by atoms with Gasteiger partial charge in [-0.05, 0) is 23.6 Å². The third kappa shape index (κ3) is 3.82. The van der Waals surface area contributed by atoms with E-state index in [2.05, 4.69) is 4.98 Å². The molecule has 1 amide bonds. The second-order valence-corrected chi connectivity index (χ2v) is 10.0. The summed E-state index contributed by atoms with van der Waals surface area (Å²) in [4.78, 5) is 19.8. The molecule has 0 unspecified atom stereocenters. The fourth-order valence-corrected chi connectivity index (χ4v) is 6.27. The second kappa shape index (κ2) is 8.04. The highest BCUT2D eigenvalue weighted by Gasteiger charge is 2.32. The van der Waals surface area contributed by atoms with Gasteiger partial charge in [0.05, 0.1) is 15.3 Å². The smallest absolute Gasteiger partial charge is 0.273 e. The van der Waals surface area contributed by atoms with Gasteiger partial charge in [-0.3, -0.25) is 4.79 Å². The molecule has 0 atom stereocenters. The van der Waals surface area contributed by atoms with Crippen molar-refractivity contribution in [1.82, 2.24) is 14.2 Å². The first-order valence-electron chi connectivity index (χ1n) is 8.78. The molecule has 0 aliphatic carbocycles. The van der Waals surface area contributed by atoms with Crippen molar-refractivity contribution in [3.63, 3.8) is 0 Å². The Morgan fingerprint density at radius 1 is 1.07 bits per heavy atom. The van der Waals surface area contributed by atoms with Crippen LogP contribution in [0.2, 0.25) is 0 Å². The van der Waals surface area contributed by atoms with Gasteiger partial charge in [0.1, 0.15) is 16.8 Å². The van der Waals surface area contributed by atoms with Crippen LogP contribution in [0.15, 0.2) is 52.1 Å². The lowest BCUT2D eigenvalue weighted by atomic mass is 10.2. The Bertz CT molecular complexity index is 1170. The number of carbonyl (C=O) groups excluding carboxylic acids is 1. The number of hydrogen-bond acceptors (Lipinski definition) is 7. The van der Waals surface area contributed by atoms with Gasteiger partial charge < -0.3 is 4.90 Å². The number of thiazole rings is 1. The summed E-state index contributed by atoms with van der Waals surface area (Å²) in [5.41, 5.74) is 0.499. The number of sulfonamides is 1. The zero-order chi connectivity index (χ0) is 20.4. The Morgan fingerprint density at radius 2 is 1.83 bits per heavy atom. The van der Waals surface area contributed by atoms with Gasteiger partial charge in [0.25, 0.3) is 5.91 Å². The topological polar surface area (TPSA) is 94.4 Å². The number of amides is 1. The monoisotopic (exact) mass is 444 g/mol. The Kier molecular flexibility index (Phi) is 5.47. The standard InChI is InChI=1S/C19H16N4O3S3/c20-12-14-4-1-2-6-17(14)29(25,26)23-9-7-22(8-10-23)19(24)15-13-28-18(21-15)16-5-3-11-27-16/h1-6,11,13H,7-10H2. The molecule has 1 aromatic carbocycles. The maximum atomic E-state index is 12.9. The number of benzene rings is 1. The van der Waals surface area contributed by atoms with E-state index in [9.17, 15) is 18.5 Å². The molecule has 1 fully saturated rings. The van der Waals surface area contributed by atoms with Crippen molar-refractivity contribution in [2.45, 2.75) is 4.90 Å². The van der Waals surface area contributed by atoms with Gasteiger partial charge in [-0.25, -0.2) is 13.4 Å². The van der Waals surface area contributed by atoms with Crippen LogP contribution >= 0.6 is 22.7 Å². The Morgan fingerprint density at radius 3 is 2.52 bits per heavy atom. The number of aromatic nitrogens is 1. The first-order chi connectivity index (χ1) is 14.0. The number of hydrogen-bond donors (Lipinski definition) is 0. The average Bonchev–Trinajstić information content (AvgIpc) is 3.45. The van der Waals surface area contributed by atoms with Crippen LogP contribution in [0, 0.1) is 11.3 Å². The van der Waals surface area contributed by atoms with Crippen LogP contribution in [0.1, 0.15) is 16.1 Å². The van der Waals surface area contributed by atoms with Crippen molar-refractivity contribution >= 4 is 38.6 Å². The molecule has 0 bridgehead atoms. The Balaban J connectivity index is 1.45. The minimum absolute atomic E-state index is 0.00219. The summed E-state index contributed by atoms with van der Waals surface area (Å²) in [5.74, 6) is -0.196. The van der Waals surface area contributed by atoms with Crippen molar-refractivity contribution in [3.05, 3.63) is 58.4 Å². The highest BCUT2D eigenvalue weighted by Crippen LogP contribution is 2.28. The van der Waals surface area contributed by atoms with E-state index in [4.69, 9.17) is 0 Å². The molecule has 3 aromatic rings. The Hall–Kier alpha value is -2.58. The minimum Gasteiger partial charge on any atom is -0.335 e. The number of thiophene rings is 1. The van der Waals surface area contributed by atoms with Crippen LogP contribution in [0.5, 0.6) is 0 Å². The molecule has 4 rings (SSSR count). The number of nitrogens with zero attached hydrogens (tertiary/aromatic N) is 4. The van der Waals surface area contributed by atoms with Gasteiger partial charge in [-0.2, -0.15) is 9.57 Å². The lowest BCUT2D eigenvalue weighted by molar-refractivity contribution is 0.0693. The normalized spacial score (nSPS) is 15.2. The average molecular weight is 445 g/mol. The van der Waals surface area contributed by atoms with Crippen LogP contribution in [-0.4, -0.2) is 54.7 Å². The van der Waals surface area contributed by atoms with Crippen LogP contribution in [-0.2, 0) is 10.0 Å². The second-order valence-electron chi connectivity index (χ2n) is 6.32. The van der Waals surface area contributed by atoms with E-state index in [1.165, 1.54) is 27.8 Å². The van der Waals surface area contributed by atoms with E-state index in [0.717, 1.165) is 9.88 Å². The summed E-state index contributed by atoms with van der Waals surface area (Å²) in [6.45, 7) is 0.906. The molecule has 1 saturated heterocycles. The maximum absolute atomic E-state index is 12.9. The van der Waals surface area contributed by atoms with Crippen LogP contribution < -0.4 is 0 Å². The molecule has 0 radical (unpaired) electrons. The van der Waals surface area contributed by atoms with Crippen molar-refractivity contribution in [3.8, 4) is 16.0 Å². The van der Waals surface area contributed by atoms with E-state index in [1.54, 1.807) is 33.7 Å². The summed E-state index contributed by atoms with van der Waals surface area (Å²) >= 11 is 2.99. The highest BCUT2D eigenvalue weighted by molar-refractivity contribution is 7.89. The van der Waals surface area contributed by atoms with Gasteiger partial charge in [-0.1, -0.05) is 18.2 Å². The molecule has 10 heteroatoms. The molecule has 0 spiro atoms. The maximum Gasteiger partial charge on any atom is 0.273 e. The van der Waals surface area contributed by atoms with E-state index < -0.39 is 10.0 Å². The van der Waals surface area contributed by atoms with E-state index in [-0.39, 0.29) is 42.5 Å². The van der Waals surface area contributed by atoms with Gasteiger partial charge in [0, 0.05) is 31.6 Å². The number of piperazine rings is 1. The quantitative estimate of drug-likeness (QED) is 0.617. The predicted molar refractivity (Wildman–Crippen MR) is 111 cm³/mol. The van der Waals surface area contributed by atoms with Gasteiger partial charge in [0.15, 0.2) is 0 Å². The molecule has 29 heavy (non-hydrogen) atoms. The molecule has 1 aliphatic heterocycles. The van der Waals surface area contributed by atoms with Crippen LogP contribution in [0.3, 0.4) is 0 Å². The lowest BCUT2D eigenvalue weighted by Gasteiger charge is -2.33. The van der Waals surface area contributed by atoms with Crippen LogP contribution in [0.4, 0.5) is 0 Å². The van der Waals surface area contributed by atoms with Crippen molar-refractivity contribution < 1.29 is 13.2 Å². The first-order valence-corrected chi connectivity index (χ1v) is 12.0. The molecule has 7 nitrogen and oxygen atoms in total. The molecule has 3 heterocycles. The van der Waals surface area contributed by atoms with E-state index >= 15 is 0 Å². The zero-order valence-electron chi connectivity index (χ0n) is 15.2. The number of nitriles is 1. The molecule has 1 aliphatic rings. The van der Waals surface area contributed by atoms with Crippen LogP contribution in [0.25, 0.3) is 9.88 Å². The largest absolute Gasteiger partial charge is 0.335 e. The fraction of sp³-hybridized carbons (Fsp3) is 0.211. The first kappa shape index (κ1) is 19.7. The SMILES string of the molecule is N#Cc1ccccc1S(=O)(=O)N1CCN(C(=O)c2csc(-c3cccs3)n2)CC1. The molecule has 0 N–H and O–H groups in total. The van der Waals surface area contributed by atoms with Gasteiger partial charge >= 0.3 is 0 Å². The van der Waals surface area contributed by atoms with Gasteiger partial charge in [0.2, 0.25) is 10.0 Å². The minimum atomic E-state index is -3.78. The summed E-state index contributed by atoms with van der Waals surface area (Å²) in [6, 6.07) is 12.0. The van der Waals surface area contributed by atoms with Crippen molar-refractivity contribution in [2.75, 3.05) is 26.2 Å². The highest BCUT2D eigenvalue weighted by atomic mass is 32.2. The van der Waals surface area contributed by atoms with E-state index in [0.29, 0.717) is 5.69 Å². The van der Waals surface area contributed by atoms with E-state index in [1.807, 2.05) is 23.6 Å². The fourth-order valence-electron chi connectivity index (χ4n) is 3.10. The number of carbonyl (C=O) groups is 1. The zero-order valence-corrected chi connectivity index (χ0v) is 17.6. The van der Waals surface area contributed by atoms with Crippen molar-refractivity contribution in [2.24, 2.45) is 0 Å². The third-order valence-corrected chi connectivity index (χ3v) is 8.44. The molecule has 148 valence electrons. The summed E-state index contributed by atoms with van der Waals surface area (Å²) in [6.07, 6.45) is 0. The number of rotatable bonds is 4.